The lowest BCUT2D eigenvalue weighted by Crippen LogP contribution is -2.08. The quantitative estimate of drug-likeness (QED) is 0.650. The molecule has 2 N–H and O–H groups in total. The van der Waals surface area contributed by atoms with Crippen molar-refractivity contribution in [2.24, 2.45) is 0 Å². The minimum absolute atomic E-state index is 0.308. The zero-order valence-corrected chi connectivity index (χ0v) is 11.6. The number of hydrogen-bond donors (Lipinski definition) is 2. The van der Waals surface area contributed by atoms with Gasteiger partial charge in [-0.05, 0) is 35.8 Å². The largest absolute Gasteiger partial charge is 0.416 e. The SMILES string of the molecule is ONCCC=C(c1cccnc1)c1cccc(C(F)(F)F)c1. The van der Waals surface area contributed by atoms with Gasteiger partial charge >= 0.3 is 6.18 Å². The number of halogens is 3. The van der Waals surface area contributed by atoms with Gasteiger partial charge in [0.25, 0.3) is 0 Å². The Morgan fingerprint density at radius 2 is 1.95 bits per heavy atom. The van der Waals surface area contributed by atoms with Gasteiger partial charge in [-0.3, -0.25) is 4.98 Å². The molecular formula is C16H15F3N2O. The van der Waals surface area contributed by atoms with E-state index in [2.05, 4.69) is 4.98 Å². The van der Waals surface area contributed by atoms with Crippen LogP contribution in [-0.2, 0) is 6.18 Å². The highest BCUT2D eigenvalue weighted by molar-refractivity contribution is 5.79. The minimum atomic E-state index is -4.39. The van der Waals surface area contributed by atoms with E-state index in [-0.39, 0.29) is 0 Å². The van der Waals surface area contributed by atoms with Crippen LogP contribution < -0.4 is 5.48 Å². The summed E-state index contributed by atoms with van der Waals surface area (Å²) in [6.45, 7) is 0.308. The molecule has 0 aliphatic heterocycles. The highest BCUT2D eigenvalue weighted by atomic mass is 19.4. The Bertz CT molecular complexity index is 639. The molecule has 0 spiro atoms. The van der Waals surface area contributed by atoms with Crippen LogP contribution in [0.5, 0.6) is 0 Å². The average Bonchev–Trinajstić information content (AvgIpc) is 2.52. The van der Waals surface area contributed by atoms with Crippen molar-refractivity contribution in [1.82, 2.24) is 10.5 Å². The molecule has 0 bridgehead atoms. The lowest BCUT2D eigenvalue weighted by Gasteiger charge is -2.12. The Labute approximate surface area is 126 Å². The van der Waals surface area contributed by atoms with Crippen LogP contribution in [0.3, 0.4) is 0 Å². The third kappa shape index (κ3) is 4.16. The first-order valence-electron chi connectivity index (χ1n) is 6.67. The standard InChI is InChI=1S/C16H15F3N2O/c17-16(18,19)14-6-1-4-12(10-14)15(7-3-9-21-22)13-5-2-8-20-11-13/h1-2,4-8,10-11,21-22H,3,9H2. The van der Waals surface area contributed by atoms with Crippen molar-refractivity contribution in [3.05, 3.63) is 71.6 Å². The topological polar surface area (TPSA) is 45.1 Å². The van der Waals surface area contributed by atoms with Crippen LogP contribution in [0.2, 0.25) is 0 Å². The molecule has 116 valence electrons. The minimum Gasteiger partial charge on any atom is -0.317 e. The van der Waals surface area contributed by atoms with Crippen molar-refractivity contribution >= 4 is 5.57 Å². The van der Waals surface area contributed by atoms with Crippen molar-refractivity contribution in [3.8, 4) is 0 Å². The Kier molecular flexibility index (Phi) is 5.30. The predicted molar refractivity (Wildman–Crippen MR) is 77.2 cm³/mol. The molecule has 0 radical (unpaired) electrons. The van der Waals surface area contributed by atoms with E-state index in [9.17, 15) is 13.2 Å². The fraction of sp³-hybridized carbons (Fsp3) is 0.188. The molecular weight excluding hydrogens is 293 g/mol. The normalized spacial score (nSPS) is 12.5. The summed E-state index contributed by atoms with van der Waals surface area (Å²) < 4.78 is 38.6. The van der Waals surface area contributed by atoms with Crippen LogP contribution in [0.25, 0.3) is 5.57 Å². The van der Waals surface area contributed by atoms with Crippen molar-refractivity contribution in [2.75, 3.05) is 6.54 Å². The van der Waals surface area contributed by atoms with Gasteiger partial charge < -0.3 is 5.21 Å². The van der Waals surface area contributed by atoms with E-state index >= 15 is 0 Å². The first kappa shape index (κ1) is 16.2. The Morgan fingerprint density at radius 1 is 1.18 bits per heavy atom. The van der Waals surface area contributed by atoms with Gasteiger partial charge in [0.2, 0.25) is 0 Å². The highest BCUT2D eigenvalue weighted by Crippen LogP contribution is 2.32. The molecule has 0 aliphatic carbocycles. The van der Waals surface area contributed by atoms with Gasteiger partial charge in [-0.25, -0.2) is 5.48 Å². The maximum Gasteiger partial charge on any atom is 0.416 e. The molecule has 0 saturated carbocycles. The van der Waals surface area contributed by atoms with Gasteiger partial charge in [0.05, 0.1) is 5.56 Å². The van der Waals surface area contributed by atoms with Crippen LogP contribution in [0.4, 0.5) is 13.2 Å². The molecule has 1 aromatic heterocycles. The van der Waals surface area contributed by atoms with Crippen molar-refractivity contribution in [3.63, 3.8) is 0 Å². The molecule has 2 aromatic rings. The second-order valence-electron chi connectivity index (χ2n) is 4.63. The monoisotopic (exact) mass is 308 g/mol. The number of hydroxylamine groups is 1. The number of hydrogen-bond acceptors (Lipinski definition) is 3. The first-order chi connectivity index (χ1) is 10.5. The third-order valence-corrected chi connectivity index (χ3v) is 3.08. The van der Waals surface area contributed by atoms with Crippen molar-refractivity contribution < 1.29 is 18.4 Å². The molecule has 22 heavy (non-hydrogen) atoms. The van der Waals surface area contributed by atoms with E-state index in [0.29, 0.717) is 24.1 Å². The number of pyridine rings is 1. The lowest BCUT2D eigenvalue weighted by atomic mass is 9.96. The van der Waals surface area contributed by atoms with Crippen molar-refractivity contribution in [1.29, 1.82) is 0 Å². The number of aromatic nitrogens is 1. The summed E-state index contributed by atoms with van der Waals surface area (Å²) >= 11 is 0. The molecule has 2 rings (SSSR count). The third-order valence-electron chi connectivity index (χ3n) is 3.08. The number of nitrogens with zero attached hydrogens (tertiary/aromatic N) is 1. The van der Waals surface area contributed by atoms with Crippen LogP contribution >= 0.6 is 0 Å². The molecule has 0 amide bonds. The number of rotatable bonds is 5. The van der Waals surface area contributed by atoms with E-state index in [1.54, 1.807) is 36.7 Å². The van der Waals surface area contributed by atoms with Gasteiger partial charge in [-0.2, -0.15) is 13.2 Å². The molecule has 0 aliphatic rings. The van der Waals surface area contributed by atoms with Crippen LogP contribution in [0.15, 0.2) is 54.9 Å². The lowest BCUT2D eigenvalue weighted by molar-refractivity contribution is -0.137. The summed E-state index contributed by atoms with van der Waals surface area (Å²) in [5, 5.41) is 8.63. The smallest absolute Gasteiger partial charge is 0.317 e. The number of alkyl halides is 3. The Hall–Kier alpha value is -2.18. The molecule has 1 heterocycles. The van der Waals surface area contributed by atoms with E-state index in [0.717, 1.165) is 17.7 Å². The van der Waals surface area contributed by atoms with Gasteiger partial charge in [0.1, 0.15) is 0 Å². The maximum atomic E-state index is 12.9. The molecule has 1 aromatic carbocycles. The summed E-state index contributed by atoms with van der Waals surface area (Å²) in [5.74, 6) is 0. The van der Waals surface area contributed by atoms with Crippen molar-refractivity contribution in [2.45, 2.75) is 12.6 Å². The van der Waals surface area contributed by atoms with Gasteiger partial charge in [0, 0.05) is 24.5 Å². The molecule has 3 nitrogen and oxygen atoms in total. The maximum absolute atomic E-state index is 12.9. The summed E-state index contributed by atoms with van der Waals surface area (Å²) in [4.78, 5) is 4.00. The number of benzene rings is 1. The van der Waals surface area contributed by atoms with Gasteiger partial charge in [0.15, 0.2) is 0 Å². The zero-order valence-electron chi connectivity index (χ0n) is 11.6. The predicted octanol–water partition coefficient (Wildman–Crippen LogP) is 3.90. The summed E-state index contributed by atoms with van der Waals surface area (Å²) in [6, 6.07) is 8.67. The molecule has 6 heteroatoms. The molecule has 0 atom stereocenters. The second-order valence-corrected chi connectivity index (χ2v) is 4.63. The fourth-order valence-electron chi connectivity index (χ4n) is 2.07. The molecule has 0 unspecified atom stereocenters. The van der Waals surface area contributed by atoms with E-state index in [1.165, 1.54) is 6.07 Å². The first-order valence-corrected chi connectivity index (χ1v) is 6.67. The van der Waals surface area contributed by atoms with Crippen LogP contribution in [-0.4, -0.2) is 16.7 Å². The molecule has 0 saturated heterocycles. The van der Waals surface area contributed by atoms with E-state index < -0.39 is 11.7 Å². The van der Waals surface area contributed by atoms with E-state index in [1.807, 2.05) is 5.48 Å². The Balaban J connectivity index is 2.44. The molecule has 0 fully saturated rings. The summed E-state index contributed by atoms with van der Waals surface area (Å²) in [5.41, 5.74) is 3.16. The number of nitrogens with one attached hydrogen (secondary N) is 1. The van der Waals surface area contributed by atoms with E-state index in [4.69, 9.17) is 5.21 Å². The zero-order chi connectivity index (χ0) is 16.0. The Morgan fingerprint density at radius 3 is 2.59 bits per heavy atom. The summed E-state index contributed by atoms with van der Waals surface area (Å²) in [6.07, 6.45) is 1.05. The van der Waals surface area contributed by atoms with Crippen LogP contribution in [0, 0.1) is 0 Å². The van der Waals surface area contributed by atoms with Gasteiger partial charge in [-0.1, -0.05) is 24.3 Å². The second kappa shape index (κ2) is 7.20. The average molecular weight is 308 g/mol. The van der Waals surface area contributed by atoms with Crippen LogP contribution in [0.1, 0.15) is 23.1 Å². The summed E-state index contributed by atoms with van der Waals surface area (Å²) in [7, 11) is 0. The van der Waals surface area contributed by atoms with Gasteiger partial charge in [-0.15, -0.1) is 0 Å². The highest BCUT2D eigenvalue weighted by Gasteiger charge is 2.30. The fourth-order valence-corrected chi connectivity index (χ4v) is 2.07.